The Morgan fingerprint density at radius 2 is 1.53 bits per heavy atom. The van der Waals surface area contributed by atoms with Gasteiger partial charge in [0.25, 0.3) is 0 Å². The smallest absolute Gasteiger partial charge is 0.220 e. The van der Waals surface area contributed by atoms with Gasteiger partial charge in [0.2, 0.25) is 10.0 Å². The molecule has 6 heteroatoms. The Hall–Kier alpha value is -2.15. The number of hydrogen-bond acceptors (Lipinski definition) is 4. The van der Waals surface area contributed by atoms with Gasteiger partial charge >= 0.3 is 0 Å². The number of aryl methyl sites for hydroxylation is 1. The fourth-order valence-corrected chi connectivity index (χ4v) is 5.73. The van der Waals surface area contributed by atoms with Crippen molar-refractivity contribution in [2.24, 2.45) is 5.92 Å². The summed E-state index contributed by atoms with van der Waals surface area (Å²) in [6.07, 6.45) is 0.774. The van der Waals surface area contributed by atoms with Gasteiger partial charge in [0.05, 0.1) is 13.2 Å². The van der Waals surface area contributed by atoms with Crippen molar-refractivity contribution in [2.75, 3.05) is 7.11 Å². The molecular formula is C24H33NO4S. The Morgan fingerprint density at radius 1 is 1.03 bits per heavy atom. The van der Waals surface area contributed by atoms with Crippen LogP contribution in [-0.2, 0) is 23.1 Å². The van der Waals surface area contributed by atoms with E-state index in [2.05, 4.69) is 6.58 Å². The van der Waals surface area contributed by atoms with Crippen molar-refractivity contribution in [1.29, 1.82) is 0 Å². The Kier molecular flexibility index (Phi) is 8.65. The van der Waals surface area contributed by atoms with Crippen LogP contribution in [0.5, 0.6) is 5.75 Å². The van der Waals surface area contributed by atoms with Gasteiger partial charge in [-0.25, -0.2) is 8.42 Å². The van der Waals surface area contributed by atoms with Crippen molar-refractivity contribution in [1.82, 2.24) is 4.31 Å². The van der Waals surface area contributed by atoms with E-state index >= 15 is 0 Å². The third-order valence-corrected chi connectivity index (χ3v) is 7.67. The predicted molar refractivity (Wildman–Crippen MR) is 122 cm³/mol. The summed E-state index contributed by atoms with van der Waals surface area (Å²) >= 11 is 0. The summed E-state index contributed by atoms with van der Waals surface area (Å²) < 4.78 is 34.1. The van der Waals surface area contributed by atoms with Gasteiger partial charge in [-0.1, -0.05) is 61.9 Å². The Bertz CT molecular complexity index is 905. The number of rotatable bonds is 11. The Balaban J connectivity index is 2.42. The van der Waals surface area contributed by atoms with Gasteiger partial charge in [-0.05, 0) is 42.5 Å². The zero-order valence-electron chi connectivity index (χ0n) is 18.3. The molecule has 2 rings (SSSR count). The maximum Gasteiger partial charge on any atom is 0.220 e. The second kappa shape index (κ2) is 10.8. The number of ether oxygens (including phenoxy) is 1. The number of sulfonamides is 1. The first-order valence-corrected chi connectivity index (χ1v) is 11.7. The van der Waals surface area contributed by atoms with Crippen LogP contribution in [0.4, 0.5) is 0 Å². The van der Waals surface area contributed by atoms with Crippen LogP contribution >= 0.6 is 0 Å². The Labute approximate surface area is 181 Å². The van der Waals surface area contributed by atoms with Gasteiger partial charge in [0, 0.05) is 13.1 Å². The number of aliphatic hydroxyl groups is 1. The van der Waals surface area contributed by atoms with Crippen LogP contribution in [0.2, 0.25) is 0 Å². The fourth-order valence-electron chi connectivity index (χ4n) is 3.53. The van der Waals surface area contributed by atoms with E-state index < -0.39 is 21.4 Å². The summed E-state index contributed by atoms with van der Waals surface area (Å²) in [5.74, 6) is 0.467. The standard InChI is InChI=1S/C24H33NO4S/c1-6-7-23(26)24(18(2)3)30(27,28)25(16-20-10-8-19(4)9-11-20)17-21-12-14-22(29-5)15-13-21/h6,8-15,18,23-24,26H,1,7,16-17H2,2-5H3/t23-,24-/m0/s1. The third kappa shape index (κ3) is 6.17. The van der Waals surface area contributed by atoms with Crippen LogP contribution in [-0.4, -0.2) is 36.3 Å². The predicted octanol–water partition coefficient (Wildman–Crippen LogP) is 4.30. The maximum atomic E-state index is 13.7. The monoisotopic (exact) mass is 431 g/mol. The zero-order chi connectivity index (χ0) is 22.3. The summed E-state index contributed by atoms with van der Waals surface area (Å²) in [6, 6.07) is 15.2. The molecule has 0 bridgehead atoms. The first-order chi connectivity index (χ1) is 14.2. The van der Waals surface area contributed by atoms with Crippen LogP contribution in [0.1, 0.15) is 37.0 Å². The molecule has 2 aromatic carbocycles. The first kappa shape index (κ1) is 24.1. The molecule has 30 heavy (non-hydrogen) atoms. The van der Waals surface area contributed by atoms with E-state index in [0.29, 0.717) is 5.75 Å². The maximum absolute atomic E-state index is 13.7. The highest BCUT2D eigenvalue weighted by Crippen LogP contribution is 2.26. The van der Waals surface area contributed by atoms with E-state index in [0.717, 1.165) is 16.7 Å². The molecule has 0 saturated heterocycles. The lowest BCUT2D eigenvalue weighted by molar-refractivity contribution is 0.151. The summed E-state index contributed by atoms with van der Waals surface area (Å²) in [5.41, 5.74) is 2.87. The second-order valence-corrected chi connectivity index (χ2v) is 10.0. The summed E-state index contributed by atoms with van der Waals surface area (Å²) in [7, 11) is -2.21. The molecule has 0 spiro atoms. The van der Waals surface area contributed by atoms with Crippen molar-refractivity contribution < 1.29 is 18.3 Å². The number of hydrogen-bond donors (Lipinski definition) is 1. The number of aliphatic hydroxyl groups excluding tert-OH is 1. The van der Waals surface area contributed by atoms with Crippen molar-refractivity contribution in [2.45, 2.75) is 51.6 Å². The molecule has 0 aliphatic carbocycles. The van der Waals surface area contributed by atoms with Gasteiger partial charge in [0.15, 0.2) is 0 Å². The molecule has 0 aliphatic heterocycles. The molecule has 0 aromatic heterocycles. The molecule has 0 radical (unpaired) electrons. The molecule has 5 nitrogen and oxygen atoms in total. The highest BCUT2D eigenvalue weighted by Gasteiger charge is 2.39. The minimum atomic E-state index is -3.80. The van der Waals surface area contributed by atoms with E-state index in [1.165, 1.54) is 4.31 Å². The molecular weight excluding hydrogens is 398 g/mol. The van der Waals surface area contributed by atoms with E-state index in [1.807, 2.05) is 69.3 Å². The summed E-state index contributed by atoms with van der Waals surface area (Å²) in [5, 5.41) is 9.69. The molecule has 2 atom stereocenters. The highest BCUT2D eigenvalue weighted by atomic mass is 32.2. The summed E-state index contributed by atoms with van der Waals surface area (Å²) in [6.45, 7) is 9.74. The van der Waals surface area contributed by atoms with Gasteiger partial charge in [0.1, 0.15) is 11.0 Å². The number of nitrogens with zero attached hydrogens (tertiary/aromatic N) is 1. The van der Waals surface area contributed by atoms with Crippen molar-refractivity contribution >= 4 is 10.0 Å². The lowest BCUT2D eigenvalue weighted by Crippen LogP contribution is -2.46. The van der Waals surface area contributed by atoms with Crippen molar-refractivity contribution in [3.63, 3.8) is 0 Å². The third-order valence-electron chi connectivity index (χ3n) is 5.15. The van der Waals surface area contributed by atoms with Crippen LogP contribution in [0.15, 0.2) is 61.2 Å². The SMILES string of the molecule is C=CC[C@H](O)[C@H](C(C)C)S(=O)(=O)N(Cc1ccc(C)cc1)Cc1ccc(OC)cc1. The lowest BCUT2D eigenvalue weighted by atomic mass is 10.0. The molecule has 0 unspecified atom stereocenters. The largest absolute Gasteiger partial charge is 0.497 e. The minimum absolute atomic E-state index is 0.213. The van der Waals surface area contributed by atoms with E-state index in [-0.39, 0.29) is 25.4 Å². The minimum Gasteiger partial charge on any atom is -0.497 e. The van der Waals surface area contributed by atoms with Crippen LogP contribution in [0.25, 0.3) is 0 Å². The highest BCUT2D eigenvalue weighted by molar-refractivity contribution is 7.89. The molecule has 1 N–H and O–H groups in total. The molecule has 0 saturated carbocycles. The van der Waals surface area contributed by atoms with Gasteiger partial charge in [-0.2, -0.15) is 4.31 Å². The van der Waals surface area contributed by atoms with Gasteiger partial charge in [-0.3, -0.25) is 0 Å². The number of methoxy groups -OCH3 is 1. The van der Waals surface area contributed by atoms with Crippen molar-refractivity contribution in [3.8, 4) is 5.75 Å². The molecule has 0 amide bonds. The van der Waals surface area contributed by atoms with E-state index in [4.69, 9.17) is 4.74 Å². The second-order valence-electron chi connectivity index (χ2n) is 7.95. The molecule has 164 valence electrons. The van der Waals surface area contributed by atoms with Gasteiger partial charge < -0.3 is 9.84 Å². The molecule has 0 heterocycles. The van der Waals surface area contributed by atoms with Crippen molar-refractivity contribution in [3.05, 3.63) is 77.9 Å². The lowest BCUT2D eigenvalue weighted by Gasteiger charge is -2.32. The van der Waals surface area contributed by atoms with E-state index in [9.17, 15) is 13.5 Å². The molecule has 2 aromatic rings. The van der Waals surface area contributed by atoms with Crippen LogP contribution in [0.3, 0.4) is 0 Å². The van der Waals surface area contributed by atoms with Crippen LogP contribution in [0, 0.1) is 12.8 Å². The average Bonchev–Trinajstić information content (AvgIpc) is 2.69. The van der Waals surface area contributed by atoms with Crippen LogP contribution < -0.4 is 4.74 Å². The topological polar surface area (TPSA) is 66.8 Å². The Morgan fingerprint density at radius 3 is 1.97 bits per heavy atom. The normalized spacial score (nSPS) is 14.0. The zero-order valence-corrected chi connectivity index (χ0v) is 19.1. The van der Waals surface area contributed by atoms with Gasteiger partial charge in [-0.15, -0.1) is 6.58 Å². The summed E-state index contributed by atoms with van der Waals surface area (Å²) in [4.78, 5) is 0. The first-order valence-electron chi connectivity index (χ1n) is 10.2. The molecule has 0 fully saturated rings. The quantitative estimate of drug-likeness (QED) is 0.539. The average molecular weight is 432 g/mol. The fraction of sp³-hybridized carbons (Fsp3) is 0.417. The molecule has 0 aliphatic rings. The van der Waals surface area contributed by atoms with E-state index in [1.54, 1.807) is 13.2 Å². The number of benzene rings is 2.